The van der Waals surface area contributed by atoms with E-state index < -0.39 is 12.0 Å². The highest BCUT2D eigenvalue weighted by Crippen LogP contribution is 2.43. The lowest BCUT2D eigenvalue weighted by molar-refractivity contribution is -0.146. The quantitative estimate of drug-likeness (QED) is 0.478. The molecule has 7 nitrogen and oxygen atoms in total. The monoisotopic (exact) mass is 464 g/mol. The van der Waals surface area contributed by atoms with Crippen molar-refractivity contribution in [2.45, 2.75) is 81.9 Å². The number of aliphatic carboxylic acids is 1. The molecule has 2 aromatic heterocycles. The van der Waals surface area contributed by atoms with Crippen molar-refractivity contribution >= 4 is 11.8 Å². The Hall–Kier alpha value is -2.51. The number of pyridine rings is 2. The molecule has 7 heteroatoms. The second kappa shape index (κ2) is 10.4. The number of fused-ring (bicyclic) bond motifs is 1. The average molecular weight is 465 g/mol. The van der Waals surface area contributed by atoms with Crippen LogP contribution in [0.25, 0.3) is 0 Å². The molecule has 1 atom stereocenters. The van der Waals surface area contributed by atoms with Crippen molar-refractivity contribution in [2.24, 2.45) is 0 Å². The Labute approximate surface area is 201 Å². The highest BCUT2D eigenvalue weighted by Gasteiger charge is 2.40. The number of aromatic nitrogens is 2. The molecule has 0 radical (unpaired) electrons. The number of carboxylic acids is 1. The lowest BCUT2D eigenvalue weighted by atomic mass is 9.86. The number of ether oxygens (including phenoxy) is 1. The number of nitrogens with one attached hydrogen (secondary N) is 1. The van der Waals surface area contributed by atoms with E-state index in [1.54, 1.807) is 6.20 Å². The predicted octanol–water partition coefficient (Wildman–Crippen LogP) is 4.34. The molecule has 2 fully saturated rings. The number of carboxylic acid groups (broad SMARTS) is 1. The summed E-state index contributed by atoms with van der Waals surface area (Å²) >= 11 is 0. The van der Waals surface area contributed by atoms with Crippen LogP contribution in [0.1, 0.15) is 79.4 Å². The lowest BCUT2D eigenvalue weighted by Gasteiger charge is -2.43. The molecule has 2 aliphatic carbocycles. The van der Waals surface area contributed by atoms with Gasteiger partial charge in [0.15, 0.2) is 0 Å². The first kappa shape index (κ1) is 23.2. The maximum atomic E-state index is 12.2. The zero-order chi connectivity index (χ0) is 23.5. The van der Waals surface area contributed by atoms with Crippen molar-refractivity contribution in [1.82, 2.24) is 14.9 Å². The van der Waals surface area contributed by atoms with Crippen molar-refractivity contribution in [3.8, 4) is 0 Å². The standard InChI is InChI=1S/C27H36N4O3/c1-31(25(27(32)33)23-8-5-13-28-24(23)18-9-10-18)21-16-22(17-21)34-15-3-2-7-20-12-11-19-6-4-14-29-26(19)30-20/h5,8,11-13,18,21-22,25H,2-4,6-7,9-10,14-17H2,1H3,(H,29,30)(H,32,33). The second-order valence-electron chi connectivity index (χ2n) is 10.1. The molecular weight excluding hydrogens is 428 g/mol. The van der Waals surface area contributed by atoms with E-state index in [1.165, 1.54) is 12.0 Å². The van der Waals surface area contributed by atoms with Crippen LogP contribution in [0.2, 0.25) is 0 Å². The van der Waals surface area contributed by atoms with Gasteiger partial charge in [-0.25, -0.2) is 4.98 Å². The van der Waals surface area contributed by atoms with Gasteiger partial charge in [-0.2, -0.15) is 0 Å². The van der Waals surface area contributed by atoms with Crippen LogP contribution in [0.15, 0.2) is 30.5 Å². The van der Waals surface area contributed by atoms with E-state index in [2.05, 4.69) is 22.4 Å². The molecule has 0 saturated heterocycles. The van der Waals surface area contributed by atoms with Gasteiger partial charge in [0.05, 0.1) is 6.10 Å². The first-order valence-corrected chi connectivity index (χ1v) is 12.8. The fourth-order valence-corrected chi connectivity index (χ4v) is 5.27. The van der Waals surface area contributed by atoms with Crippen molar-refractivity contribution in [3.05, 3.63) is 53.0 Å². The number of aryl methyl sites for hydroxylation is 2. The van der Waals surface area contributed by atoms with Crippen LogP contribution in [0, 0.1) is 0 Å². The molecule has 0 spiro atoms. The lowest BCUT2D eigenvalue weighted by Crippen LogP contribution is -2.49. The highest BCUT2D eigenvalue weighted by atomic mass is 16.5. The Morgan fingerprint density at radius 3 is 2.91 bits per heavy atom. The molecule has 1 aliphatic heterocycles. The third-order valence-corrected chi connectivity index (χ3v) is 7.55. The van der Waals surface area contributed by atoms with Gasteiger partial charge in [-0.1, -0.05) is 12.1 Å². The highest BCUT2D eigenvalue weighted by molar-refractivity contribution is 5.76. The van der Waals surface area contributed by atoms with Crippen LogP contribution < -0.4 is 5.32 Å². The molecule has 1 unspecified atom stereocenters. The molecular formula is C27H36N4O3. The third kappa shape index (κ3) is 5.26. The fraction of sp³-hybridized carbons (Fsp3) is 0.593. The molecule has 34 heavy (non-hydrogen) atoms. The summed E-state index contributed by atoms with van der Waals surface area (Å²) in [4.78, 5) is 23.5. The first-order valence-electron chi connectivity index (χ1n) is 12.8. The van der Waals surface area contributed by atoms with Crippen LogP contribution in [0.5, 0.6) is 0 Å². The van der Waals surface area contributed by atoms with E-state index in [1.807, 2.05) is 24.1 Å². The van der Waals surface area contributed by atoms with Crippen LogP contribution >= 0.6 is 0 Å². The van der Waals surface area contributed by atoms with Gasteiger partial charge in [-0.05, 0) is 82.5 Å². The SMILES string of the molecule is CN(C1CC(OCCCCc2ccc3c(n2)NCCC3)C1)C(C(=O)O)c1cccnc1C1CC1. The molecule has 0 aromatic carbocycles. The average Bonchev–Trinajstić information content (AvgIpc) is 3.65. The number of unbranched alkanes of at least 4 members (excludes halogenated alkanes) is 1. The normalized spacial score (nSPS) is 22.5. The fourth-order valence-electron chi connectivity index (χ4n) is 5.27. The molecule has 182 valence electrons. The molecule has 2 aromatic rings. The van der Waals surface area contributed by atoms with Crippen LogP contribution in [0.3, 0.4) is 0 Å². The van der Waals surface area contributed by atoms with Gasteiger partial charge in [-0.3, -0.25) is 14.7 Å². The van der Waals surface area contributed by atoms with E-state index >= 15 is 0 Å². The summed E-state index contributed by atoms with van der Waals surface area (Å²) in [7, 11) is 1.93. The maximum Gasteiger partial charge on any atom is 0.325 e. The predicted molar refractivity (Wildman–Crippen MR) is 131 cm³/mol. The minimum atomic E-state index is -0.798. The van der Waals surface area contributed by atoms with E-state index in [9.17, 15) is 9.90 Å². The zero-order valence-electron chi connectivity index (χ0n) is 20.1. The Morgan fingerprint density at radius 1 is 1.26 bits per heavy atom. The van der Waals surface area contributed by atoms with Crippen LogP contribution in [0.4, 0.5) is 5.82 Å². The Kier molecular flexibility index (Phi) is 7.11. The number of hydrogen-bond donors (Lipinski definition) is 2. The van der Waals surface area contributed by atoms with Crippen LogP contribution in [-0.2, 0) is 22.4 Å². The van der Waals surface area contributed by atoms with Gasteiger partial charge >= 0.3 is 5.97 Å². The Morgan fingerprint density at radius 2 is 2.12 bits per heavy atom. The maximum absolute atomic E-state index is 12.2. The van der Waals surface area contributed by atoms with Crippen molar-refractivity contribution in [3.63, 3.8) is 0 Å². The number of hydrogen-bond acceptors (Lipinski definition) is 6. The van der Waals surface area contributed by atoms with E-state index in [0.717, 1.165) is 87.3 Å². The zero-order valence-corrected chi connectivity index (χ0v) is 20.1. The van der Waals surface area contributed by atoms with Gasteiger partial charge < -0.3 is 15.2 Å². The van der Waals surface area contributed by atoms with Gasteiger partial charge in [0.1, 0.15) is 11.9 Å². The molecule has 2 saturated carbocycles. The Balaban J connectivity index is 1.05. The van der Waals surface area contributed by atoms with Crippen molar-refractivity contribution < 1.29 is 14.6 Å². The number of anilines is 1. The summed E-state index contributed by atoms with van der Waals surface area (Å²) in [6, 6.07) is 7.76. The molecule has 3 aliphatic rings. The van der Waals surface area contributed by atoms with E-state index in [0.29, 0.717) is 5.92 Å². The van der Waals surface area contributed by atoms with Crippen LogP contribution in [-0.4, -0.2) is 58.3 Å². The number of likely N-dealkylation sites (N-methyl/N-ethyl adjacent to an activating group) is 1. The second-order valence-corrected chi connectivity index (χ2v) is 10.1. The number of carbonyl (C=O) groups is 1. The smallest absolute Gasteiger partial charge is 0.325 e. The number of rotatable bonds is 11. The molecule has 3 heterocycles. The third-order valence-electron chi connectivity index (χ3n) is 7.55. The van der Waals surface area contributed by atoms with Gasteiger partial charge in [0.2, 0.25) is 0 Å². The molecule has 0 bridgehead atoms. The topological polar surface area (TPSA) is 87.6 Å². The van der Waals surface area contributed by atoms with Gasteiger partial charge in [0, 0.05) is 48.3 Å². The number of nitrogens with zero attached hydrogens (tertiary/aromatic N) is 3. The Bertz CT molecular complexity index is 1000. The summed E-state index contributed by atoms with van der Waals surface area (Å²) < 4.78 is 6.09. The minimum absolute atomic E-state index is 0.227. The molecule has 0 amide bonds. The summed E-state index contributed by atoms with van der Waals surface area (Å²) in [5.74, 6) is 0.698. The van der Waals surface area contributed by atoms with E-state index in [-0.39, 0.29) is 12.1 Å². The first-order chi connectivity index (χ1) is 16.6. The summed E-state index contributed by atoms with van der Waals surface area (Å²) in [5, 5.41) is 13.4. The van der Waals surface area contributed by atoms with Crippen molar-refractivity contribution in [1.29, 1.82) is 0 Å². The van der Waals surface area contributed by atoms with Gasteiger partial charge in [0.25, 0.3) is 0 Å². The van der Waals surface area contributed by atoms with Gasteiger partial charge in [-0.15, -0.1) is 0 Å². The van der Waals surface area contributed by atoms with Crippen molar-refractivity contribution in [2.75, 3.05) is 25.5 Å². The summed E-state index contributed by atoms with van der Waals surface area (Å²) in [6.45, 7) is 1.77. The summed E-state index contributed by atoms with van der Waals surface area (Å²) in [6.07, 6.45) is 11.4. The molecule has 2 N–H and O–H groups in total. The minimum Gasteiger partial charge on any atom is -0.480 e. The summed E-state index contributed by atoms with van der Waals surface area (Å²) in [5.41, 5.74) is 4.31. The molecule has 5 rings (SSSR count). The largest absolute Gasteiger partial charge is 0.480 e. The van der Waals surface area contributed by atoms with E-state index in [4.69, 9.17) is 9.72 Å².